The molecule has 20 heavy (non-hydrogen) atoms. The molecule has 0 saturated heterocycles. The third kappa shape index (κ3) is 3.97. The summed E-state index contributed by atoms with van der Waals surface area (Å²) in [6.07, 6.45) is -3.46. The molecule has 0 aliphatic rings. The molecule has 0 aromatic carbocycles. The number of hydrogen-bond donors (Lipinski definition) is 2. The van der Waals surface area contributed by atoms with Gasteiger partial charge in [-0.25, -0.2) is 9.97 Å². The Hall–Kier alpha value is -2.06. The van der Waals surface area contributed by atoms with Gasteiger partial charge in [-0.15, -0.1) is 0 Å². The van der Waals surface area contributed by atoms with Gasteiger partial charge in [-0.1, -0.05) is 12.1 Å². The Morgan fingerprint density at radius 2 is 2.20 bits per heavy atom. The van der Waals surface area contributed by atoms with Gasteiger partial charge in [0, 0.05) is 25.2 Å². The normalized spacial score (nSPS) is 14.2. The van der Waals surface area contributed by atoms with Gasteiger partial charge in [-0.3, -0.25) is 0 Å². The molecule has 1 unspecified atom stereocenters. The number of rotatable bonds is 5. The van der Waals surface area contributed by atoms with E-state index in [1.165, 1.54) is 4.90 Å². The summed E-state index contributed by atoms with van der Waals surface area (Å²) in [4.78, 5) is 8.86. The Morgan fingerprint density at radius 1 is 1.55 bits per heavy atom. The summed E-state index contributed by atoms with van der Waals surface area (Å²) in [6.45, 7) is 4.08. The molecule has 1 heterocycles. The SMILES string of the molecule is CCN(CC(C)C(N)=NO)c1nccc(C(F)(F)F)n1. The van der Waals surface area contributed by atoms with E-state index in [0.29, 0.717) is 6.54 Å². The Bertz CT molecular complexity index is 477. The van der Waals surface area contributed by atoms with Crippen LogP contribution in [0.5, 0.6) is 0 Å². The van der Waals surface area contributed by atoms with E-state index in [-0.39, 0.29) is 24.2 Å². The first-order chi connectivity index (χ1) is 9.29. The summed E-state index contributed by atoms with van der Waals surface area (Å²) < 4.78 is 37.8. The zero-order valence-corrected chi connectivity index (χ0v) is 11.1. The fraction of sp³-hybridized carbons (Fsp3) is 0.545. The quantitative estimate of drug-likeness (QED) is 0.373. The Balaban J connectivity index is 2.96. The van der Waals surface area contributed by atoms with Gasteiger partial charge in [0.2, 0.25) is 5.95 Å². The molecule has 6 nitrogen and oxygen atoms in total. The highest BCUT2D eigenvalue weighted by atomic mass is 19.4. The Morgan fingerprint density at radius 3 is 2.70 bits per heavy atom. The molecule has 0 saturated carbocycles. The standard InChI is InChI=1S/C11H16F3N5O/c1-3-19(6-7(2)9(15)18-20)10-16-5-4-8(17-10)11(12,13)14/h4-5,7,20H,3,6H2,1-2H3,(H2,15,18). The van der Waals surface area contributed by atoms with Crippen LogP contribution in [0.1, 0.15) is 19.5 Å². The summed E-state index contributed by atoms with van der Waals surface area (Å²) in [5.74, 6) is -0.395. The first-order valence-corrected chi connectivity index (χ1v) is 5.92. The van der Waals surface area contributed by atoms with Crippen molar-refractivity contribution in [3.8, 4) is 0 Å². The molecule has 1 aromatic rings. The predicted octanol–water partition coefficient (Wildman–Crippen LogP) is 1.70. The third-order valence-corrected chi connectivity index (χ3v) is 2.71. The number of alkyl halides is 3. The second-order valence-corrected chi connectivity index (χ2v) is 4.20. The van der Waals surface area contributed by atoms with E-state index in [1.54, 1.807) is 13.8 Å². The molecule has 0 spiro atoms. The zero-order valence-electron chi connectivity index (χ0n) is 11.1. The van der Waals surface area contributed by atoms with Crippen molar-refractivity contribution in [1.29, 1.82) is 0 Å². The molecule has 0 bridgehead atoms. The molecule has 1 atom stereocenters. The van der Waals surface area contributed by atoms with E-state index in [4.69, 9.17) is 10.9 Å². The Kier molecular flexibility index (Phi) is 5.12. The maximum atomic E-state index is 12.6. The van der Waals surface area contributed by atoms with Crippen LogP contribution in [0, 0.1) is 5.92 Å². The van der Waals surface area contributed by atoms with Crippen molar-refractivity contribution in [1.82, 2.24) is 9.97 Å². The summed E-state index contributed by atoms with van der Waals surface area (Å²) in [5, 5.41) is 11.4. The van der Waals surface area contributed by atoms with Crippen molar-refractivity contribution in [3.63, 3.8) is 0 Å². The van der Waals surface area contributed by atoms with Gasteiger partial charge < -0.3 is 15.8 Å². The maximum absolute atomic E-state index is 12.6. The van der Waals surface area contributed by atoms with Crippen molar-refractivity contribution in [2.75, 3.05) is 18.0 Å². The average Bonchev–Trinajstić information content (AvgIpc) is 2.42. The summed E-state index contributed by atoms with van der Waals surface area (Å²) in [7, 11) is 0. The highest BCUT2D eigenvalue weighted by molar-refractivity contribution is 5.82. The van der Waals surface area contributed by atoms with Crippen molar-refractivity contribution >= 4 is 11.8 Å². The van der Waals surface area contributed by atoms with E-state index in [0.717, 1.165) is 12.3 Å². The van der Waals surface area contributed by atoms with Crippen LogP contribution in [0.2, 0.25) is 0 Å². The number of nitrogens with two attached hydrogens (primary N) is 1. The highest BCUT2D eigenvalue weighted by Gasteiger charge is 2.33. The van der Waals surface area contributed by atoms with Crippen molar-refractivity contribution in [3.05, 3.63) is 18.0 Å². The van der Waals surface area contributed by atoms with Crippen LogP contribution < -0.4 is 10.6 Å². The topological polar surface area (TPSA) is 87.6 Å². The van der Waals surface area contributed by atoms with Gasteiger partial charge in [0.1, 0.15) is 11.5 Å². The summed E-state index contributed by atoms with van der Waals surface area (Å²) in [6, 6.07) is 0.810. The number of hydrogen-bond acceptors (Lipinski definition) is 5. The number of aromatic nitrogens is 2. The molecule has 1 aromatic heterocycles. The zero-order chi connectivity index (χ0) is 15.3. The molecule has 112 valence electrons. The summed E-state index contributed by atoms with van der Waals surface area (Å²) in [5.41, 5.74) is 4.45. The van der Waals surface area contributed by atoms with E-state index < -0.39 is 11.9 Å². The minimum atomic E-state index is -4.52. The first kappa shape index (κ1) is 16.0. The fourth-order valence-corrected chi connectivity index (χ4v) is 1.53. The molecule has 0 amide bonds. The third-order valence-electron chi connectivity index (χ3n) is 2.71. The lowest BCUT2D eigenvalue weighted by atomic mass is 10.1. The van der Waals surface area contributed by atoms with Gasteiger partial charge in [-0.2, -0.15) is 13.2 Å². The number of halogens is 3. The van der Waals surface area contributed by atoms with Gasteiger partial charge >= 0.3 is 6.18 Å². The van der Waals surface area contributed by atoms with Crippen LogP contribution in [-0.4, -0.2) is 34.1 Å². The van der Waals surface area contributed by atoms with Crippen LogP contribution in [0.15, 0.2) is 17.4 Å². The predicted molar refractivity (Wildman–Crippen MR) is 67.5 cm³/mol. The maximum Gasteiger partial charge on any atom is 0.433 e. The number of amidine groups is 1. The lowest BCUT2D eigenvalue weighted by Crippen LogP contribution is -2.36. The van der Waals surface area contributed by atoms with Gasteiger partial charge in [0.05, 0.1) is 0 Å². The molecule has 0 fully saturated rings. The fourth-order valence-electron chi connectivity index (χ4n) is 1.53. The molecule has 9 heteroatoms. The Labute approximate surface area is 114 Å². The van der Waals surface area contributed by atoms with Gasteiger partial charge in [0.15, 0.2) is 0 Å². The lowest BCUT2D eigenvalue weighted by molar-refractivity contribution is -0.141. The van der Waals surface area contributed by atoms with Crippen molar-refractivity contribution in [2.24, 2.45) is 16.8 Å². The van der Waals surface area contributed by atoms with Gasteiger partial charge in [-0.05, 0) is 13.0 Å². The van der Waals surface area contributed by atoms with E-state index in [2.05, 4.69) is 15.1 Å². The molecule has 0 aliphatic heterocycles. The molecule has 0 radical (unpaired) electrons. The van der Waals surface area contributed by atoms with Gasteiger partial charge in [0.25, 0.3) is 0 Å². The molecule has 0 aliphatic carbocycles. The largest absolute Gasteiger partial charge is 0.433 e. The van der Waals surface area contributed by atoms with Crippen LogP contribution >= 0.6 is 0 Å². The van der Waals surface area contributed by atoms with Crippen LogP contribution in [0.4, 0.5) is 19.1 Å². The van der Waals surface area contributed by atoms with Crippen LogP contribution in [-0.2, 0) is 6.18 Å². The molecular weight excluding hydrogens is 275 g/mol. The molecular formula is C11H16F3N5O. The number of anilines is 1. The van der Waals surface area contributed by atoms with E-state index in [9.17, 15) is 13.2 Å². The monoisotopic (exact) mass is 291 g/mol. The van der Waals surface area contributed by atoms with Crippen molar-refractivity contribution in [2.45, 2.75) is 20.0 Å². The number of nitrogens with zero attached hydrogens (tertiary/aromatic N) is 4. The second kappa shape index (κ2) is 6.40. The van der Waals surface area contributed by atoms with Crippen molar-refractivity contribution < 1.29 is 18.4 Å². The second-order valence-electron chi connectivity index (χ2n) is 4.20. The van der Waals surface area contributed by atoms with E-state index >= 15 is 0 Å². The highest BCUT2D eigenvalue weighted by Crippen LogP contribution is 2.28. The van der Waals surface area contributed by atoms with Crippen LogP contribution in [0.25, 0.3) is 0 Å². The van der Waals surface area contributed by atoms with E-state index in [1.807, 2.05) is 0 Å². The minimum Gasteiger partial charge on any atom is -0.409 e. The van der Waals surface area contributed by atoms with Crippen LogP contribution in [0.3, 0.4) is 0 Å². The number of oxime groups is 1. The first-order valence-electron chi connectivity index (χ1n) is 5.92. The minimum absolute atomic E-state index is 0.00424. The molecule has 3 N–H and O–H groups in total. The average molecular weight is 291 g/mol. The molecule has 1 rings (SSSR count). The summed E-state index contributed by atoms with van der Waals surface area (Å²) >= 11 is 0. The lowest BCUT2D eigenvalue weighted by Gasteiger charge is -2.24. The smallest absolute Gasteiger partial charge is 0.409 e.